The Morgan fingerprint density at radius 3 is 2.33 bits per heavy atom. The normalized spacial score (nSPS) is 11.3. The van der Waals surface area contributed by atoms with Crippen molar-refractivity contribution in [2.45, 2.75) is 18.4 Å². The van der Waals surface area contributed by atoms with Crippen LogP contribution in [0.3, 0.4) is 0 Å². The molecule has 0 radical (unpaired) electrons. The Morgan fingerprint density at radius 1 is 1.00 bits per heavy atom. The maximum atomic E-state index is 12.9. The van der Waals surface area contributed by atoms with Crippen LogP contribution in [0, 0.1) is 12.7 Å². The van der Waals surface area contributed by atoms with E-state index in [9.17, 15) is 22.4 Å². The highest BCUT2D eigenvalue weighted by Crippen LogP contribution is 2.16. The van der Waals surface area contributed by atoms with E-state index in [1.54, 1.807) is 12.1 Å². The van der Waals surface area contributed by atoms with Gasteiger partial charge in [-0.15, -0.1) is 0 Å². The molecule has 33 heavy (non-hydrogen) atoms. The van der Waals surface area contributed by atoms with Crippen molar-refractivity contribution in [3.05, 3.63) is 83.6 Å². The van der Waals surface area contributed by atoms with Crippen LogP contribution in [-0.4, -0.2) is 38.1 Å². The molecule has 9 nitrogen and oxygen atoms in total. The van der Waals surface area contributed by atoms with E-state index < -0.39 is 28.4 Å². The lowest BCUT2D eigenvalue weighted by Crippen LogP contribution is -2.46. The second-order valence-corrected chi connectivity index (χ2v) is 9.13. The SMILES string of the molecule is Cc1ccc(S(=O)(=O)N(C)CC(=O)NNC(=O)c2ccc(COc3ccc(F)cc3)o2)cc1. The molecule has 2 amide bonds. The molecule has 11 heteroatoms. The summed E-state index contributed by atoms with van der Waals surface area (Å²) in [6.45, 7) is 1.33. The van der Waals surface area contributed by atoms with Gasteiger partial charge in [-0.25, -0.2) is 12.8 Å². The van der Waals surface area contributed by atoms with Gasteiger partial charge in [0.2, 0.25) is 10.0 Å². The van der Waals surface area contributed by atoms with E-state index in [0.29, 0.717) is 11.5 Å². The van der Waals surface area contributed by atoms with Gasteiger partial charge in [0.25, 0.3) is 5.91 Å². The van der Waals surface area contributed by atoms with Gasteiger partial charge in [0.05, 0.1) is 11.4 Å². The molecule has 0 aliphatic heterocycles. The van der Waals surface area contributed by atoms with Gasteiger partial charge in [-0.2, -0.15) is 4.31 Å². The third kappa shape index (κ3) is 6.40. The number of furan rings is 1. The highest BCUT2D eigenvalue weighted by molar-refractivity contribution is 7.89. The third-order valence-corrected chi connectivity index (χ3v) is 6.31. The number of carbonyl (C=O) groups is 2. The number of sulfonamides is 1. The zero-order valence-corrected chi connectivity index (χ0v) is 18.7. The van der Waals surface area contributed by atoms with E-state index >= 15 is 0 Å². The molecule has 0 aliphatic carbocycles. The fraction of sp³-hybridized carbons (Fsp3) is 0.182. The number of amides is 2. The minimum Gasteiger partial charge on any atom is -0.486 e. The van der Waals surface area contributed by atoms with Crippen molar-refractivity contribution in [1.82, 2.24) is 15.2 Å². The summed E-state index contributed by atoms with van der Waals surface area (Å²) in [5.41, 5.74) is 5.21. The lowest BCUT2D eigenvalue weighted by atomic mass is 10.2. The van der Waals surface area contributed by atoms with Crippen LogP contribution in [0.5, 0.6) is 5.75 Å². The van der Waals surface area contributed by atoms with Crippen molar-refractivity contribution in [2.75, 3.05) is 13.6 Å². The van der Waals surface area contributed by atoms with Crippen LogP contribution in [0.2, 0.25) is 0 Å². The van der Waals surface area contributed by atoms with Crippen molar-refractivity contribution in [2.24, 2.45) is 0 Å². The molecule has 3 rings (SSSR count). The van der Waals surface area contributed by atoms with E-state index in [0.717, 1.165) is 9.87 Å². The fourth-order valence-corrected chi connectivity index (χ4v) is 3.79. The Hall–Kier alpha value is -3.70. The molecule has 0 spiro atoms. The lowest BCUT2D eigenvalue weighted by molar-refractivity contribution is -0.121. The minimum atomic E-state index is -3.86. The number of carbonyl (C=O) groups excluding carboxylic acids is 2. The maximum absolute atomic E-state index is 12.9. The monoisotopic (exact) mass is 475 g/mol. The number of hydrazine groups is 1. The number of benzene rings is 2. The Kier molecular flexibility index (Phi) is 7.46. The van der Waals surface area contributed by atoms with E-state index in [1.165, 1.54) is 55.6 Å². The topological polar surface area (TPSA) is 118 Å². The molecule has 3 aromatic rings. The van der Waals surface area contributed by atoms with Gasteiger partial charge in [0.15, 0.2) is 5.76 Å². The predicted molar refractivity (Wildman–Crippen MR) is 116 cm³/mol. The van der Waals surface area contributed by atoms with Crippen LogP contribution in [0.25, 0.3) is 0 Å². The average Bonchev–Trinajstić information content (AvgIpc) is 3.26. The zero-order valence-electron chi connectivity index (χ0n) is 17.9. The Bertz CT molecular complexity index is 1220. The quantitative estimate of drug-likeness (QED) is 0.483. The molecule has 174 valence electrons. The largest absolute Gasteiger partial charge is 0.486 e. The number of halogens is 1. The summed E-state index contributed by atoms with van der Waals surface area (Å²) in [6, 6.07) is 14.5. The van der Waals surface area contributed by atoms with Gasteiger partial charge in [-0.3, -0.25) is 20.4 Å². The summed E-state index contributed by atoms with van der Waals surface area (Å²) < 4.78 is 49.6. The number of rotatable bonds is 8. The molecular weight excluding hydrogens is 453 g/mol. The number of nitrogens with zero attached hydrogens (tertiary/aromatic N) is 1. The molecule has 0 atom stereocenters. The van der Waals surface area contributed by atoms with Gasteiger partial charge < -0.3 is 9.15 Å². The van der Waals surface area contributed by atoms with Gasteiger partial charge in [0, 0.05) is 7.05 Å². The number of ether oxygens (including phenoxy) is 1. The molecular formula is C22H22FN3O6S. The number of hydrogen-bond acceptors (Lipinski definition) is 6. The Morgan fingerprint density at radius 2 is 1.67 bits per heavy atom. The van der Waals surface area contributed by atoms with Crippen LogP contribution in [0.4, 0.5) is 4.39 Å². The van der Waals surface area contributed by atoms with Gasteiger partial charge in [0.1, 0.15) is 23.9 Å². The number of hydrogen-bond donors (Lipinski definition) is 2. The first-order valence-corrected chi connectivity index (χ1v) is 11.2. The molecule has 0 aliphatic rings. The molecule has 0 saturated carbocycles. The number of nitrogens with one attached hydrogen (secondary N) is 2. The number of likely N-dealkylation sites (N-methyl/N-ethyl adjacent to an activating group) is 1. The molecule has 0 saturated heterocycles. The second-order valence-electron chi connectivity index (χ2n) is 7.08. The average molecular weight is 475 g/mol. The van der Waals surface area contributed by atoms with Crippen molar-refractivity contribution < 1.29 is 31.6 Å². The smallest absolute Gasteiger partial charge is 0.305 e. The minimum absolute atomic E-state index is 0.00688. The predicted octanol–water partition coefficient (Wildman–Crippen LogP) is 2.39. The molecule has 2 N–H and O–H groups in total. The first kappa shape index (κ1) is 24.0. The van der Waals surface area contributed by atoms with Crippen molar-refractivity contribution in [1.29, 1.82) is 0 Å². The summed E-state index contributed by atoms with van der Waals surface area (Å²) in [4.78, 5) is 24.3. The van der Waals surface area contributed by atoms with Gasteiger partial charge in [-0.1, -0.05) is 17.7 Å². The standard InChI is InChI=1S/C22H22FN3O6S/c1-15-3-10-19(11-4-15)33(29,30)26(2)13-21(27)24-25-22(28)20-12-9-18(32-20)14-31-17-7-5-16(23)6-8-17/h3-12H,13-14H2,1-2H3,(H,24,27)(H,25,28). The first-order chi connectivity index (χ1) is 15.6. The van der Waals surface area contributed by atoms with Crippen molar-refractivity contribution in [3.8, 4) is 5.75 Å². The van der Waals surface area contributed by atoms with Crippen molar-refractivity contribution in [3.63, 3.8) is 0 Å². The molecule has 1 aromatic heterocycles. The first-order valence-electron chi connectivity index (χ1n) is 9.74. The molecule has 2 aromatic carbocycles. The highest BCUT2D eigenvalue weighted by Gasteiger charge is 2.23. The summed E-state index contributed by atoms with van der Waals surface area (Å²) >= 11 is 0. The molecule has 0 bridgehead atoms. The lowest BCUT2D eigenvalue weighted by Gasteiger charge is -2.17. The fourth-order valence-electron chi connectivity index (χ4n) is 2.67. The Labute approximate surface area is 190 Å². The number of aryl methyl sites for hydroxylation is 1. The van der Waals surface area contributed by atoms with Crippen LogP contribution < -0.4 is 15.6 Å². The summed E-state index contributed by atoms with van der Waals surface area (Å²) in [5, 5.41) is 0. The summed E-state index contributed by atoms with van der Waals surface area (Å²) in [5.74, 6) is -1.20. The Balaban J connectivity index is 1.48. The second kappa shape index (κ2) is 10.3. The summed E-state index contributed by atoms with van der Waals surface area (Å²) in [6.07, 6.45) is 0. The van der Waals surface area contributed by atoms with Crippen LogP contribution in [-0.2, 0) is 21.4 Å². The van der Waals surface area contributed by atoms with Crippen molar-refractivity contribution >= 4 is 21.8 Å². The third-order valence-electron chi connectivity index (χ3n) is 4.49. The summed E-state index contributed by atoms with van der Waals surface area (Å²) in [7, 11) is -2.60. The molecule has 0 fully saturated rings. The van der Waals surface area contributed by atoms with Crippen LogP contribution in [0.15, 0.2) is 70.0 Å². The highest BCUT2D eigenvalue weighted by atomic mass is 32.2. The zero-order chi connectivity index (χ0) is 24.0. The van der Waals surface area contributed by atoms with E-state index in [1.807, 2.05) is 6.92 Å². The van der Waals surface area contributed by atoms with E-state index in [-0.39, 0.29) is 23.1 Å². The maximum Gasteiger partial charge on any atom is 0.305 e. The molecule has 1 heterocycles. The van der Waals surface area contributed by atoms with E-state index in [4.69, 9.17) is 9.15 Å². The van der Waals surface area contributed by atoms with Crippen LogP contribution >= 0.6 is 0 Å². The van der Waals surface area contributed by atoms with Crippen LogP contribution in [0.1, 0.15) is 21.9 Å². The van der Waals surface area contributed by atoms with E-state index in [2.05, 4.69) is 10.9 Å². The molecule has 0 unspecified atom stereocenters. The van der Waals surface area contributed by atoms with Gasteiger partial charge >= 0.3 is 5.91 Å². The van der Waals surface area contributed by atoms with Gasteiger partial charge in [-0.05, 0) is 55.5 Å².